The number of hydrogen-bond donors (Lipinski definition) is 1. The Morgan fingerprint density at radius 2 is 2.03 bits per heavy atom. The van der Waals surface area contributed by atoms with Crippen LogP contribution < -0.4 is 10.5 Å². The zero-order valence-corrected chi connectivity index (χ0v) is 18.3. The first-order valence-electron chi connectivity index (χ1n) is 9.56. The number of nitriles is 1. The number of ether oxygens (including phenoxy) is 1. The number of benzene rings is 1. The van der Waals surface area contributed by atoms with Crippen LogP contribution in [0.25, 0.3) is 22.2 Å². The van der Waals surface area contributed by atoms with E-state index in [1.54, 1.807) is 24.1 Å². The summed E-state index contributed by atoms with van der Waals surface area (Å²) in [4.78, 5) is 12.7. The molecule has 0 saturated carbocycles. The number of halogens is 1. The van der Waals surface area contributed by atoms with Crippen LogP contribution in [0.2, 0.25) is 5.02 Å². The largest absolute Gasteiger partial charge is 0.496 e. The van der Waals surface area contributed by atoms with Crippen LogP contribution in [-0.2, 0) is 0 Å². The molecule has 9 heteroatoms. The first-order chi connectivity index (χ1) is 14.9. The first-order valence-corrected chi connectivity index (χ1v) is 9.94. The van der Waals surface area contributed by atoms with Crippen LogP contribution in [0.4, 0.5) is 5.82 Å². The molecule has 0 bridgehead atoms. The number of methoxy groups -OCH3 is 1. The molecule has 4 aromatic rings. The Hall–Kier alpha value is -3.70. The van der Waals surface area contributed by atoms with Gasteiger partial charge in [-0.05, 0) is 44.5 Å². The quantitative estimate of drug-likeness (QED) is 0.511. The van der Waals surface area contributed by atoms with Crippen molar-refractivity contribution in [1.29, 1.82) is 5.26 Å². The number of nitrogens with zero attached hydrogens (tertiary/aromatic N) is 6. The molecule has 0 spiro atoms. The van der Waals surface area contributed by atoms with Crippen molar-refractivity contribution in [2.45, 2.75) is 26.8 Å². The second-order valence-corrected chi connectivity index (χ2v) is 7.56. The average molecular weight is 434 g/mol. The standard InChI is InChI=1S/C22H20ClN7O/c1-11-16(23)8-15(20(31-4)18(11)14-6-5-7-26-17(14)9-24)13(3)30-22-19(12(2)29-30)21(25)27-10-28-22/h5-8,10,13H,1-4H3,(H2,25,27,28). The van der Waals surface area contributed by atoms with E-state index in [9.17, 15) is 5.26 Å². The van der Waals surface area contributed by atoms with Gasteiger partial charge in [0.25, 0.3) is 0 Å². The average Bonchev–Trinajstić information content (AvgIpc) is 3.12. The lowest BCUT2D eigenvalue weighted by Crippen LogP contribution is -2.12. The molecule has 0 aliphatic rings. The van der Waals surface area contributed by atoms with Gasteiger partial charge in [-0.3, -0.25) is 0 Å². The molecule has 0 aliphatic carbocycles. The Balaban J connectivity index is 2.00. The second kappa shape index (κ2) is 7.85. The van der Waals surface area contributed by atoms with E-state index in [4.69, 9.17) is 22.1 Å². The molecule has 31 heavy (non-hydrogen) atoms. The molecule has 1 unspecified atom stereocenters. The molecular weight excluding hydrogens is 414 g/mol. The van der Waals surface area contributed by atoms with Crippen molar-refractivity contribution in [3.05, 3.63) is 58.3 Å². The fourth-order valence-electron chi connectivity index (χ4n) is 3.87. The highest BCUT2D eigenvalue weighted by Crippen LogP contribution is 2.44. The maximum Gasteiger partial charge on any atom is 0.164 e. The summed E-state index contributed by atoms with van der Waals surface area (Å²) in [7, 11) is 1.59. The molecule has 0 fully saturated rings. The highest BCUT2D eigenvalue weighted by atomic mass is 35.5. The number of nitrogens with two attached hydrogens (primary N) is 1. The van der Waals surface area contributed by atoms with Gasteiger partial charge >= 0.3 is 0 Å². The van der Waals surface area contributed by atoms with Gasteiger partial charge in [-0.1, -0.05) is 11.6 Å². The van der Waals surface area contributed by atoms with Crippen molar-refractivity contribution in [3.63, 3.8) is 0 Å². The molecule has 0 saturated heterocycles. The van der Waals surface area contributed by atoms with Crippen LogP contribution in [0.15, 0.2) is 30.7 Å². The minimum atomic E-state index is -0.292. The molecule has 8 nitrogen and oxygen atoms in total. The van der Waals surface area contributed by atoms with Crippen LogP contribution in [0.5, 0.6) is 5.75 Å². The summed E-state index contributed by atoms with van der Waals surface area (Å²) in [5, 5.41) is 15.5. The summed E-state index contributed by atoms with van der Waals surface area (Å²) in [5.74, 6) is 0.979. The van der Waals surface area contributed by atoms with E-state index in [0.717, 1.165) is 22.4 Å². The van der Waals surface area contributed by atoms with Crippen molar-refractivity contribution in [2.75, 3.05) is 12.8 Å². The maximum atomic E-state index is 9.58. The number of nitrogen functional groups attached to an aromatic ring is 1. The predicted octanol–water partition coefficient (Wildman–Crippen LogP) is 4.23. The van der Waals surface area contributed by atoms with Crippen LogP contribution in [0, 0.1) is 25.2 Å². The van der Waals surface area contributed by atoms with Gasteiger partial charge < -0.3 is 10.5 Å². The molecule has 1 atom stereocenters. The number of rotatable bonds is 4. The summed E-state index contributed by atoms with van der Waals surface area (Å²) in [5.41, 5.74) is 10.7. The normalized spacial score (nSPS) is 12.0. The lowest BCUT2D eigenvalue weighted by Gasteiger charge is -2.22. The number of hydrogen-bond acceptors (Lipinski definition) is 7. The SMILES string of the molecule is COc1c(C(C)n2nc(C)c3c(N)ncnc32)cc(Cl)c(C)c1-c1cccnc1C#N. The highest BCUT2D eigenvalue weighted by molar-refractivity contribution is 6.32. The molecule has 4 rings (SSSR count). The van der Waals surface area contributed by atoms with Crippen molar-refractivity contribution < 1.29 is 4.74 Å². The summed E-state index contributed by atoms with van der Waals surface area (Å²) >= 11 is 6.64. The Labute approximate surface area is 184 Å². The van der Waals surface area contributed by atoms with E-state index in [0.29, 0.717) is 38.9 Å². The summed E-state index contributed by atoms with van der Waals surface area (Å²) in [6.45, 7) is 5.74. The van der Waals surface area contributed by atoms with Crippen molar-refractivity contribution in [2.24, 2.45) is 0 Å². The minimum Gasteiger partial charge on any atom is -0.496 e. The van der Waals surface area contributed by atoms with Gasteiger partial charge in [0.2, 0.25) is 0 Å². The fraction of sp³-hybridized carbons (Fsp3) is 0.227. The van der Waals surface area contributed by atoms with E-state index in [-0.39, 0.29) is 6.04 Å². The molecule has 0 aliphatic heterocycles. The molecule has 0 radical (unpaired) electrons. The molecule has 1 aromatic carbocycles. The molecule has 3 heterocycles. The van der Waals surface area contributed by atoms with Gasteiger partial charge in [-0.2, -0.15) is 10.4 Å². The number of aromatic nitrogens is 5. The number of pyridine rings is 1. The third kappa shape index (κ3) is 3.23. The van der Waals surface area contributed by atoms with E-state index < -0.39 is 0 Å². The summed E-state index contributed by atoms with van der Waals surface area (Å²) in [6, 6.07) is 7.33. The molecule has 0 amide bonds. The topological polar surface area (TPSA) is 116 Å². The third-order valence-electron chi connectivity index (χ3n) is 5.40. The first kappa shape index (κ1) is 20.6. The Morgan fingerprint density at radius 1 is 1.26 bits per heavy atom. The number of anilines is 1. The van der Waals surface area contributed by atoms with Crippen LogP contribution in [0.3, 0.4) is 0 Å². The third-order valence-corrected chi connectivity index (χ3v) is 5.79. The molecule has 3 aromatic heterocycles. The molecule has 2 N–H and O–H groups in total. The molecule has 156 valence electrons. The monoisotopic (exact) mass is 433 g/mol. The fourth-order valence-corrected chi connectivity index (χ4v) is 4.08. The lowest BCUT2D eigenvalue weighted by molar-refractivity contribution is 0.402. The van der Waals surface area contributed by atoms with Crippen LogP contribution >= 0.6 is 11.6 Å². The Kier molecular flexibility index (Phi) is 5.21. The van der Waals surface area contributed by atoms with E-state index in [2.05, 4.69) is 26.1 Å². The van der Waals surface area contributed by atoms with Crippen LogP contribution in [0.1, 0.15) is 35.5 Å². The van der Waals surface area contributed by atoms with Gasteiger partial charge in [0, 0.05) is 27.9 Å². The number of aryl methyl sites for hydroxylation is 1. The van der Waals surface area contributed by atoms with Crippen molar-refractivity contribution >= 4 is 28.5 Å². The van der Waals surface area contributed by atoms with Crippen LogP contribution in [-0.4, -0.2) is 31.8 Å². The van der Waals surface area contributed by atoms with Gasteiger partial charge in [0.15, 0.2) is 5.65 Å². The number of fused-ring (bicyclic) bond motifs is 1. The van der Waals surface area contributed by atoms with E-state index in [1.807, 2.05) is 32.9 Å². The maximum absolute atomic E-state index is 9.58. The predicted molar refractivity (Wildman–Crippen MR) is 119 cm³/mol. The minimum absolute atomic E-state index is 0.292. The Morgan fingerprint density at radius 3 is 2.74 bits per heavy atom. The van der Waals surface area contributed by atoms with Gasteiger partial charge in [0.05, 0.1) is 24.2 Å². The second-order valence-electron chi connectivity index (χ2n) is 7.16. The van der Waals surface area contributed by atoms with Gasteiger partial charge in [0.1, 0.15) is 29.7 Å². The Bertz CT molecular complexity index is 1360. The smallest absolute Gasteiger partial charge is 0.164 e. The van der Waals surface area contributed by atoms with Crippen molar-refractivity contribution in [3.8, 4) is 22.9 Å². The van der Waals surface area contributed by atoms with Crippen molar-refractivity contribution in [1.82, 2.24) is 24.7 Å². The lowest BCUT2D eigenvalue weighted by atomic mass is 9.93. The van der Waals surface area contributed by atoms with Gasteiger partial charge in [-0.15, -0.1) is 0 Å². The molecular formula is C22H20ClN7O. The summed E-state index contributed by atoms with van der Waals surface area (Å²) < 4.78 is 7.64. The zero-order valence-electron chi connectivity index (χ0n) is 17.5. The summed E-state index contributed by atoms with van der Waals surface area (Å²) in [6.07, 6.45) is 3.00. The van der Waals surface area contributed by atoms with E-state index in [1.165, 1.54) is 6.33 Å². The van der Waals surface area contributed by atoms with E-state index >= 15 is 0 Å². The highest BCUT2D eigenvalue weighted by Gasteiger charge is 2.26. The zero-order chi connectivity index (χ0) is 22.3. The van der Waals surface area contributed by atoms with Gasteiger partial charge in [-0.25, -0.2) is 19.6 Å².